The fourth-order valence-corrected chi connectivity index (χ4v) is 2.76. The zero-order valence-corrected chi connectivity index (χ0v) is 12.1. The summed E-state index contributed by atoms with van der Waals surface area (Å²) in [7, 11) is 0. The average molecular weight is 297 g/mol. The summed E-state index contributed by atoms with van der Waals surface area (Å²) in [5.74, 6) is -0.273. The van der Waals surface area contributed by atoms with Crippen molar-refractivity contribution in [2.75, 3.05) is 6.54 Å². The normalized spacial score (nSPS) is 16.3. The maximum absolute atomic E-state index is 12.1. The van der Waals surface area contributed by atoms with E-state index in [2.05, 4.69) is 12.2 Å². The summed E-state index contributed by atoms with van der Waals surface area (Å²) in [6, 6.07) is 3.89. The Hall–Kier alpha value is -1.62. The molecule has 2 rings (SSSR count). The van der Waals surface area contributed by atoms with Crippen LogP contribution in [0.3, 0.4) is 0 Å². The van der Waals surface area contributed by atoms with E-state index in [9.17, 15) is 14.9 Å². The Morgan fingerprint density at radius 2 is 2.20 bits per heavy atom. The first kappa shape index (κ1) is 14.8. The Labute approximate surface area is 122 Å². The van der Waals surface area contributed by atoms with Crippen LogP contribution in [0.5, 0.6) is 0 Å². The molecule has 0 unspecified atom stereocenters. The Kier molecular flexibility index (Phi) is 4.28. The molecule has 1 N–H and O–H groups in total. The molecule has 0 atom stereocenters. The summed E-state index contributed by atoms with van der Waals surface area (Å²) >= 11 is 5.93. The van der Waals surface area contributed by atoms with E-state index in [1.165, 1.54) is 24.6 Å². The van der Waals surface area contributed by atoms with Crippen LogP contribution in [-0.4, -0.2) is 17.4 Å². The number of nitro benzene ring substituents is 1. The molecule has 6 heteroatoms. The van der Waals surface area contributed by atoms with E-state index in [0.29, 0.717) is 6.54 Å². The molecule has 1 amide bonds. The van der Waals surface area contributed by atoms with Gasteiger partial charge in [-0.3, -0.25) is 14.9 Å². The van der Waals surface area contributed by atoms with Crippen LogP contribution < -0.4 is 5.32 Å². The second-order valence-corrected chi connectivity index (χ2v) is 5.72. The van der Waals surface area contributed by atoms with Crippen molar-refractivity contribution in [3.8, 4) is 0 Å². The van der Waals surface area contributed by atoms with Gasteiger partial charge in [-0.25, -0.2) is 0 Å². The van der Waals surface area contributed by atoms with Crippen LogP contribution in [-0.2, 0) is 0 Å². The molecule has 0 saturated heterocycles. The molecule has 1 aliphatic rings. The minimum Gasteiger partial charge on any atom is -0.351 e. The van der Waals surface area contributed by atoms with Crippen LogP contribution in [0.2, 0.25) is 5.02 Å². The third-order valence-electron chi connectivity index (χ3n) is 4.20. The predicted octanol–water partition coefficient (Wildman–Crippen LogP) is 3.56. The largest absolute Gasteiger partial charge is 0.351 e. The summed E-state index contributed by atoms with van der Waals surface area (Å²) in [5, 5.41) is 13.6. The van der Waals surface area contributed by atoms with Gasteiger partial charge in [0.05, 0.1) is 15.5 Å². The zero-order valence-electron chi connectivity index (χ0n) is 11.3. The number of rotatable bonds is 5. The third-order valence-corrected chi connectivity index (χ3v) is 4.51. The van der Waals surface area contributed by atoms with Crippen LogP contribution in [0.25, 0.3) is 0 Å². The summed E-state index contributed by atoms with van der Waals surface area (Å²) in [5.41, 5.74) is 0.390. The van der Waals surface area contributed by atoms with Gasteiger partial charge in [0.2, 0.25) is 0 Å². The fourth-order valence-electron chi connectivity index (χ4n) is 2.50. The van der Waals surface area contributed by atoms with Crippen LogP contribution in [0.1, 0.15) is 43.0 Å². The lowest BCUT2D eigenvalue weighted by molar-refractivity contribution is -0.384. The van der Waals surface area contributed by atoms with Crippen LogP contribution in [0.4, 0.5) is 5.69 Å². The van der Waals surface area contributed by atoms with Crippen LogP contribution in [0, 0.1) is 15.5 Å². The highest BCUT2D eigenvalue weighted by Gasteiger charge is 2.35. The molecule has 1 saturated carbocycles. The quantitative estimate of drug-likeness (QED) is 0.667. The molecule has 0 heterocycles. The number of hydrogen-bond acceptors (Lipinski definition) is 3. The van der Waals surface area contributed by atoms with Crippen LogP contribution in [0.15, 0.2) is 18.2 Å². The topological polar surface area (TPSA) is 72.2 Å². The standard InChI is InChI=1S/C14H17ClN2O3/c1-2-14(6-3-7-14)9-16-13(18)11-5-4-10(17(19)20)8-12(11)15/h4-5,8H,2-3,6-7,9H2,1H3,(H,16,18). The summed E-state index contributed by atoms with van der Waals surface area (Å²) < 4.78 is 0. The van der Waals surface area contributed by atoms with Crippen molar-refractivity contribution in [3.63, 3.8) is 0 Å². The van der Waals surface area contributed by atoms with Crippen molar-refractivity contribution in [3.05, 3.63) is 38.9 Å². The number of halogens is 1. The second-order valence-electron chi connectivity index (χ2n) is 5.31. The van der Waals surface area contributed by atoms with E-state index < -0.39 is 4.92 Å². The average Bonchev–Trinajstić information content (AvgIpc) is 2.37. The molecule has 1 aromatic rings. The van der Waals surface area contributed by atoms with Gasteiger partial charge < -0.3 is 5.32 Å². The molecule has 5 nitrogen and oxygen atoms in total. The number of non-ortho nitro benzene ring substituents is 1. The van der Waals surface area contributed by atoms with Crippen molar-refractivity contribution in [2.24, 2.45) is 5.41 Å². The van der Waals surface area contributed by atoms with Crippen molar-refractivity contribution in [2.45, 2.75) is 32.6 Å². The zero-order chi connectivity index (χ0) is 14.8. The van der Waals surface area contributed by atoms with E-state index in [0.717, 1.165) is 19.3 Å². The molecule has 0 radical (unpaired) electrons. The smallest absolute Gasteiger partial charge is 0.270 e. The lowest BCUT2D eigenvalue weighted by Gasteiger charge is -2.41. The number of nitro groups is 1. The lowest BCUT2D eigenvalue weighted by Crippen LogP contribution is -2.41. The molecular weight excluding hydrogens is 280 g/mol. The predicted molar refractivity (Wildman–Crippen MR) is 77.0 cm³/mol. The second kappa shape index (κ2) is 5.79. The van der Waals surface area contributed by atoms with E-state index in [1.54, 1.807) is 0 Å². The number of hydrogen-bond donors (Lipinski definition) is 1. The first-order chi connectivity index (χ1) is 9.47. The van der Waals surface area contributed by atoms with E-state index in [4.69, 9.17) is 11.6 Å². The van der Waals surface area contributed by atoms with Gasteiger partial charge in [-0.05, 0) is 30.7 Å². The molecule has 108 valence electrons. The number of nitrogens with zero attached hydrogens (tertiary/aromatic N) is 1. The lowest BCUT2D eigenvalue weighted by atomic mass is 9.67. The van der Waals surface area contributed by atoms with Gasteiger partial charge in [-0.15, -0.1) is 0 Å². The van der Waals surface area contributed by atoms with E-state index >= 15 is 0 Å². The molecule has 1 fully saturated rings. The molecule has 1 aromatic carbocycles. The number of nitrogens with one attached hydrogen (secondary N) is 1. The summed E-state index contributed by atoms with van der Waals surface area (Å²) in [6.45, 7) is 2.76. The van der Waals surface area contributed by atoms with E-state index in [1.807, 2.05) is 0 Å². The first-order valence-electron chi connectivity index (χ1n) is 6.69. The van der Waals surface area contributed by atoms with Crippen molar-refractivity contribution >= 4 is 23.2 Å². The summed E-state index contributed by atoms with van der Waals surface area (Å²) in [6.07, 6.45) is 4.53. The van der Waals surface area contributed by atoms with Gasteiger partial charge >= 0.3 is 0 Å². The van der Waals surface area contributed by atoms with Gasteiger partial charge in [-0.1, -0.05) is 24.9 Å². The Bertz CT molecular complexity index is 536. The van der Waals surface area contributed by atoms with Crippen molar-refractivity contribution < 1.29 is 9.72 Å². The highest BCUT2D eigenvalue weighted by atomic mass is 35.5. The Balaban J connectivity index is 2.04. The molecule has 0 aromatic heterocycles. The maximum atomic E-state index is 12.1. The fraction of sp³-hybridized carbons (Fsp3) is 0.500. The molecule has 0 aliphatic heterocycles. The number of amides is 1. The summed E-state index contributed by atoms with van der Waals surface area (Å²) in [4.78, 5) is 22.2. The number of benzene rings is 1. The van der Waals surface area contributed by atoms with Crippen molar-refractivity contribution in [1.82, 2.24) is 5.32 Å². The minimum atomic E-state index is -0.534. The highest BCUT2D eigenvalue weighted by molar-refractivity contribution is 6.34. The molecule has 1 aliphatic carbocycles. The molecule has 0 bridgehead atoms. The maximum Gasteiger partial charge on any atom is 0.270 e. The number of carbonyl (C=O) groups excluding carboxylic acids is 1. The molecular formula is C14H17ClN2O3. The molecule has 0 spiro atoms. The molecule has 20 heavy (non-hydrogen) atoms. The SMILES string of the molecule is CCC1(CNC(=O)c2ccc([N+](=O)[O-])cc2Cl)CCC1. The van der Waals surface area contributed by atoms with Crippen LogP contribution >= 0.6 is 11.6 Å². The Morgan fingerprint density at radius 1 is 1.50 bits per heavy atom. The van der Waals surface area contributed by atoms with Gasteiger partial charge in [0, 0.05) is 18.7 Å². The van der Waals surface area contributed by atoms with Crippen molar-refractivity contribution in [1.29, 1.82) is 0 Å². The Morgan fingerprint density at radius 3 is 2.65 bits per heavy atom. The first-order valence-corrected chi connectivity index (χ1v) is 7.07. The third kappa shape index (κ3) is 2.93. The van der Waals surface area contributed by atoms with Gasteiger partial charge in [0.1, 0.15) is 0 Å². The monoisotopic (exact) mass is 296 g/mol. The van der Waals surface area contributed by atoms with Gasteiger partial charge in [0.15, 0.2) is 0 Å². The minimum absolute atomic E-state index is 0.107. The highest BCUT2D eigenvalue weighted by Crippen LogP contribution is 2.43. The van der Waals surface area contributed by atoms with E-state index in [-0.39, 0.29) is 27.6 Å². The van der Waals surface area contributed by atoms with Gasteiger partial charge in [0.25, 0.3) is 11.6 Å². The number of carbonyl (C=O) groups is 1. The van der Waals surface area contributed by atoms with Gasteiger partial charge in [-0.2, -0.15) is 0 Å².